The second kappa shape index (κ2) is 5.92. The molecule has 3 nitrogen and oxygen atoms in total. The zero-order chi connectivity index (χ0) is 14.9. The Morgan fingerprint density at radius 3 is 2.25 bits per heavy atom. The fourth-order valence-corrected chi connectivity index (χ4v) is 2.43. The van der Waals surface area contributed by atoms with Crippen molar-refractivity contribution >= 4 is 29.2 Å². The van der Waals surface area contributed by atoms with Gasteiger partial charge in [0.15, 0.2) is 0 Å². The molecule has 1 aliphatic carbocycles. The highest BCUT2D eigenvalue weighted by molar-refractivity contribution is 6.34. The molecule has 0 amide bonds. The van der Waals surface area contributed by atoms with Crippen molar-refractivity contribution in [1.82, 2.24) is 5.32 Å². The van der Waals surface area contributed by atoms with Crippen LogP contribution in [0.15, 0.2) is 18.2 Å². The summed E-state index contributed by atoms with van der Waals surface area (Å²) in [5.41, 5.74) is 0.215. The normalized spacial score (nSPS) is 16.9. The summed E-state index contributed by atoms with van der Waals surface area (Å²) in [5.74, 6) is -0.303. The summed E-state index contributed by atoms with van der Waals surface area (Å²) in [7, 11) is 0. The van der Waals surface area contributed by atoms with E-state index in [1.54, 1.807) is 18.2 Å². The van der Waals surface area contributed by atoms with Gasteiger partial charge in [-0.1, -0.05) is 23.2 Å². The molecule has 0 spiro atoms. The molecule has 1 unspecified atom stereocenters. The first kappa shape index (κ1) is 15.6. The number of benzene rings is 1. The molecule has 0 aromatic heterocycles. The van der Waals surface area contributed by atoms with Crippen LogP contribution in [0.4, 0.5) is 0 Å². The fourth-order valence-electron chi connectivity index (χ4n) is 1.89. The third-order valence-electron chi connectivity index (χ3n) is 2.84. The molecule has 1 saturated carbocycles. The number of esters is 1. The first-order chi connectivity index (χ1) is 9.24. The van der Waals surface area contributed by atoms with Gasteiger partial charge in [-0.2, -0.15) is 0 Å². The maximum Gasteiger partial charge on any atom is 0.328 e. The number of carbonyl (C=O) groups is 1. The van der Waals surface area contributed by atoms with Crippen LogP contribution < -0.4 is 5.32 Å². The average molecular weight is 316 g/mol. The van der Waals surface area contributed by atoms with Crippen molar-refractivity contribution in [3.63, 3.8) is 0 Å². The van der Waals surface area contributed by atoms with E-state index in [9.17, 15) is 4.79 Å². The fraction of sp³-hybridized carbons (Fsp3) is 0.533. The van der Waals surface area contributed by atoms with E-state index < -0.39 is 11.6 Å². The van der Waals surface area contributed by atoms with Crippen LogP contribution in [0, 0.1) is 0 Å². The highest BCUT2D eigenvalue weighted by Crippen LogP contribution is 2.29. The number of ether oxygens (including phenoxy) is 1. The van der Waals surface area contributed by atoms with Gasteiger partial charge in [0.25, 0.3) is 0 Å². The lowest BCUT2D eigenvalue weighted by molar-refractivity contribution is -0.157. The predicted molar refractivity (Wildman–Crippen MR) is 81.2 cm³/mol. The molecule has 1 fully saturated rings. The van der Waals surface area contributed by atoms with Crippen LogP contribution in [0.1, 0.15) is 45.2 Å². The minimum absolute atomic E-state index is 0.303. The Morgan fingerprint density at radius 1 is 1.25 bits per heavy atom. The smallest absolute Gasteiger partial charge is 0.328 e. The molecular weight excluding hydrogens is 297 g/mol. The van der Waals surface area contributed by atoms with Gasteiger partial charge in [0.05, 0.1) is 0 Å². The zero-order valence-electron chi connectivity index (χ0n) is 11.9. The Kier molecular flexibility index (Phi) is 4.62. The van der Waals surface area contributed by atoms with E-state index >= 15 is 0 Å². The number of halogens is 2. The quantitative estimate of drug-likeness (QED) is 0.849. The van der Waals surface area contributed by atoms with E-state index in [0.29, 0.717) is 16.1 Å². The third kappa shape index (κ3) is 4.65. The summed E-state index contributed by atoms with van der Waals surface area (Å²) < 4.78 is 5.48. The topological polar surface area (TPSA) is 38.3 Å². The summed E-state index contributed by atoms with van der Waals surface area (Å²) in [6.45, 7) is 5.55. The molecule has 0 bridgehead atoms. The van der Waals surface area contributed by atoms with Crippen molar-refractivity contribution in [1.29, 1.82) is 0 Å². The van der Waals surface area contributed by atoms with Crippen LogP contribution in [0.25, 0.3) is 0 Å². The van der Waals surface area contributed by atoms with Crippen LogP contribution in [-0.2, 0) is 9.53 Å². The molecule has 1 aliphatic rings. The van der Waals surface area contributed by atoms with Crippen LogP contribution in [0.3, 0.4) is 0 Å². The molecular formula is C15H19Cl2NO2. The highest BCUT2D eigenvalue weighted by atomic mass is 35.5. The summed E-state index contributed by atoms with van der Waals surface area (Å²) >= 11 is 12.0. The van der Waals surface area contributed by atoms with Crippen molar-refractivity contribution in [3.05, 3.63) is 33.8 Å². The summed E-state index contributed by atoms with van der Waals surface area (Å²) in [5, 5.41) is 4.32. The van der Waals surface area contributed by atoms with Gasteiger partial charge >= 0.3 is 5.97 Å². The molecule has 0 aliphatic heterocycles. The molecule has 1 atom stereocenters. The predicted octanol–water partition coefficient (Wildman–Crippen LogP) is 4.13. The first-order valence-electron chi connectivity index (χ1n) is 6.69. The van der Waals surface area contributed by atoms with Crippen molar-refractivity contribution in [2.24, 2.45) is 0 Å². The van der Waals surface area contributed by atoms with Gasteiger partial charge in [-0.25, -0.2) is 4.79 Å². The van der Waals surface area contributed by atoms with Crippen LogP contribution in [-0.4, -0.2) is 17.6 Å². The molecule has 110 valence electrons. The molecule has 5 heteroatoms. The van der Waals surface area contributed by atoms with E-state index in [4.69, 9.17) is 27.9 Å². The standard InChI is InChI=1S/C15H19Cl2NO2/c1-15(2,3)20-14(19)13(18-12-4-5-12)9-6-10(16)8-11(17)7-9/h6-8,12-13,18H,4-5H2,1-3H3. The molecule has 0 heterocycles. The largest absolute Gasteiger partial charge is 0.459 e. The summed E-state index contributed by atoms with van der Waals surface area (Å²) in [4.78, 5) is 12.4. The number of hydrogen-bond donors (Lipinski definition) is 1. The lowest BCUT2D eigenvalue weighted by Gasteiger charge is -2.25. The van der Waals surface area contributed by atoms with Gasteiger partial charge in [0.2, 0.25) is 0 Å². The van der Waals surface area contributed by atoms with Crippen LogP contribution >= 0.6 is 23.2 Å². The second-order valence-corrected chi connectivity index (χ2v) is 6.98. The van der Waals surface area contributed by atoms with Crippen LogP contribution in [0.5, 0.6) is 0 Å². The maximum atomic E-state index is 12.4. The van der Waals surface area contributed by atoms with E-state index in [1.165, 1.54) is 0 Å². The maximum absolute atomic E-state index is 12.4. The minimum atomic E-state index is -0.530. The van der Waals surface area contributed by atoms with E-state index in [2.05, 4.69) is 5.32 Å². The highest BCUT2D eigenvalue weighted by Gasteiger charge is 2.32. The second-order valence-electron chi connectivity index (χ2n) is 6.11. The molecule has 20 heavy (non-hydrogen) atoms. The lowest BCUT2D eigenvalue weighted by Crippen LogP contribution is -2.36. The Bertz CT molecular complexity index is 487. The molecule has 0 radical (unpaired) electrons. The van der Waals surface area contributed by atoms with Crippen molar-refractivity contribution in [2.45, 2.75) is 51.3 Å². The van der Waals surface area contributed by atoms with Crippen molar-refractivity contribution in [3.8, 4) is 0 Å². The van der Waals surface area contributed by atoms with Crippen LogP contribution in [0.2, 0.25) is 10.0 Å². The van der Waals surface area contributed by atoms with E-state index in [1.807, 2.05) is 20.8 Å². The van der Waals surface area contributed by atoms with Gasteiger partial charge in [0.1, 0.15) is 11.6 Å². The monoisotopic (exact) mass is 315 g/mol. The van der Waals surface area contributed by atoms with E-state index in [-0.39, 0.29) is 5.97 Å². The Balaban J connectivity index is 2.23. The number of carbonyl (C=O) groups excluding carboxylic acids is 1. The average Bonchev–Trinajstić information content (AvgIpc) is 3.05. The number of nitrogens with one attached hydrogen (secondary N) is 1. The van der Waals surface area contributed by atoms with Crippen molar-refractivity contribution < 1.29 is 9.53 Å². The third-order valence-corrected chi connectivity index (χ3v) is 3.28. The first-order valence-corrected chi connectivity index (χ1v) is 7.45. The zero-order valence-corrected chi connectivity index (χ0v) is 13.4. The molecule has 1 N–H and O–H groups in total. The molecule has 1 aromatic rings. The molecule has 0 saturated heterocycles. The Morgan fingerprint density at radius 2 is 1.80 bits per heavy atom. The Hall–Kier alpha value is -0.770. The lowest BCUT2D eigenvalue weighted by atomic mass is 10.1. The van der Waals surface area contributed by atoms with E-state index in [0.717, 1.165) is 18.4 Å². The van der Waals surface area contributed by atoms with Gasteiger partial charge in [0, 0.05) is 16.1 Å². The van der Waals surface area contributed by atoms with Gasteiger partial charge in [-0.15, -0.1) is 0 Å². The Labute approximate surface area is 129 Å². The van der Waals surface area contributed by atoms with Gasteiger partial charge < -0.3 is 4.74 Å². The minimum Gasteiger partial charge on any atom is -0.459 e. The summed E-state index contributed by atoms with van der Waals surface area (Å²) in [6.07, 6.45) is 2.15. The van der Waals surface area contributed by atoms with Gasteiger partial charge in [-0.05, 0) is 57.4 Å². The number of hydrogen-bond acceptors (Lipinski definition) is 3. The summed E-state index contributed by atoms with van der Waals surface area (Å²) in [6, 6.07) is 4.98. The number of rotatable bonds is 4. The molecule has 2 rings (SSSR count). The van der Waals surface area contributed by atoms with Gasteiger partial charge in [-0.3, -0.25) is 5.32 Å². The van der Waals surface area contributed by atoms with Crippen molar-refractivity contribution in [2.75, 3.05) is 0 Å². The SMILES string of the molecule is CC(C)(C)OC(=O)C(NC1CC1)c1cc(Cl)cc(Cl)c1. The molecule has 1 aromatic carbocycles.